The lowest BCUT2D eigenvalue weighted by Gasteiger charge is -2.32. The predicted molar refractivity (Wildman–Crippen MR) is 57.2 cm³/mol. The van der Waals surface area contributed by atoms with Gasteiger partial charge in [-0.3, -0.25) is 4.79 Å². The van der Waals surface area contributed by atoms with Gasteiger partial charge in [0.05, 0.1) is 6.61 Å². The smallest absolute Gasteiger partial charge is 0.316 e. The molecule has 0 bridgehead atoms. The fraction of sp³-hybridized carbons (Fsp3) is 0.909. The second-order valence-corrected chi connectivity index (χ2v) is 5.31. The summed E-state index contributed by atoms with van der Waals surface area (Å²) in [4.78, 5) is 12.0. The van der Waals surface area contributed by atoms with Gasteiger partial charge in [0.15, 0.2) is 0 Å². The number of carbonyl (C=O) groups is 1. The Morgan fingerprint density at radius 1 is 1.60 bits per heavy atom. The molecule has 4 heteroatoms. The summed E-state index contributed by atoms with van der Waals surface area (Å²) in [5, 5.41) is 9.37. The summed E-state index contributed by atoms with van der Waals surface area (Å²) in [6.07, 6.45) is 2.28. The molecule has 1 rings (SSSR count). The zero-order valence-electron chi connectivity index (χ0n) is 9.75. The Morgan fingerprint density at radius 3 is 2.53 bits per heavy atom. The van der Waals surface area contributed by atoms with E-state index in [1.807, 2.05) is 20.8 Å². The summed E-state index contributed by atoms with van der Waals surface area (Å²) in [5.74, 6) is -0.359. The highest BCUT2D eigenvalue weighted by atomic mass is 16.6. The number of aliphatic hydroxyl groups is 1. The first-order valence-corrected chi connectivity index (χ1v) is 5.42. The molecule has 15 heavy (non-hydrogen) atoms. The molecule has 0 aromatic carbocycles. The van der Waals surface area contributed by atoms with Gasteiger partial charge in [-0.1, -0.05) is 6.42 Å². The van der Waals surface area contributed by atoms with Crippen molar-refractivity contribution in [3.8, 4) is 0 Å². The lowest BCUT2D eigenvalue weighted by molar-refractivity contribution is -0.170. The van der Waals surface area contributed by atoms with Crippen LogP contribution in [0.4, 0.5) is 0 Å². The van der Waals surface area contributed by atoms with Gasteiger partial charge in [0.25, 0.3) is 0 Å². The van der Waals surface area contributed by atoms with E-state index in [1.165, 1.54) is 0 Å². The molecule has 1 fully saturated rings. The molecule has 0 radical (unpaired) electrons. The number of esters is 1. The van der Waals surface area contributed by atoms with Gasteiger partial charge < -0.3 is 15.6 Å². The Labute approximate surface area is 90.8 Å². The highest BCUT2D eigenvalue weighted by Crippen LogP contribution is 2.38. The number of aliphatic hydroxyl groups excluding tert-OH is 1. The largest absolute Gasteiger partial charge is 0.459 e. The van der Waals surface area contributed by atoms with Crippen LogP contribution in [-0.4, -0.2) is 29.3 Å². The summed E-state index contributed by atoms with van der Waals surface area (Å²) >= 11 is 0. The van der Waals surface area contributed by atoms with Crippen LogP contribution >= 0.6 is 0 Å². The van der Waals surface area contributed by atoms with Crippen LogP contribution in [0.3, 0.4) is 0 Å². The van der Waals surface area contributed by atoms with Gasteiger partial charge in [0.2, 0.25) is 0 Å². The summed E-state index contributed by atoms with van der Waals surface area (Å²) in [7, 11) is 0. The molecule has 1 aliphatic rings. The fourth-order valence-corrected chi connectivity index (χ4v) is 1.99. The molecule has 1 aliphatic carbocycles. The van der Waals surface area contributed by atoms with Crippen molar-refractivity contribution >= 4 is 5.97 Å². The molecule has 0 spiro atoms. The highest BCUT2D eigenvalue weighted by molar-refractivity contribution is 5.78. The third-order valence-corrected chi connectivity index (χ3v) is 2.94. The summed E-state index contributed by atoms with van der Waals surface area (Å²) in [5.41, 5.74) is 4.49. The molecular weight excluding hydrogens is 194 g/mol. The molecule has 1 saturated carbocycles. The van der Waals surface area contributed by atoms with Crippen LogP contribution in [0.15, 0.2) is 0 Å². The van der Waals surface area contributed by atoms with Crippen LogP contribution < -0.4 is 5.73 Å². The highest BCUT2D eigenvalue weighted by Gasteiger charge is 2.49. The van der Waals surface area contributed by atoms with Gasteiger partial charge in [0, 0.05) is 6.04 Å². The van der Waals surface area contributed by atoms with Gasteiger partial charge in [0.1, 0.15) is 11.0 Å². The van der Waals surface area contributed by atoms with E-state index in [2.05, 4.69) is 0 Å². The number of rotatable bonds is 2. The molecule has 4 nitrogen and oxygen atoms in total. The van der Waals surface area contributed by atoms with Gasteiger partial charge in [-0.2, -0.15) is 0 Å². The summed E-state index contributed by atoms with van der Waals surface area (Å²) < 4.78 is 5.31. The van der Waals surface area contributed by atoms with Crippen molar-refractivity contribution in [2.24, 2.45) is 11.1 Å². The maximum absolute atomic E-state index is 12.0. The molecule has 2 atom stereocenters. The number of hydrogen-bond acceptors (Lipinski definition) is 4. The minimum atomic E-state index is -0.868. The lowest BCUT2D eigenvalue weighted by Crippen LogP contribution is -2.49. The number of ether oxygens (including phenoxy) is 1. The Morgan fingerprint density at radius 2 is 2.20 bits per heavy atom. The monoisotopic (exact) mass is 215 g/mol. The fourth-order valence-electron chi connectivity index (χ4n) is 1.99. The average Bonchev–Trinajstić information content (AvgIpc) is 2.44. The standard InChI is InChI=1S/C11H21NO3/c1-10(2,3)15-9(14)11(7-13)6-4-5-8(11)12/h8,13H,4-7,12H2,1-3H3/t8-,11+/m1/s1. The van der Waals surface area contributed by atoms with Crippen molar-refractivity contribution in [2.45, 2.75) is 51.7 Å². The maximum Gasteiger partial charge on any atom is 0.316 e. The average molecular weight is 215 g/mol. The van der Waals surface area contributed by atoms with Crippen LogP contribution in [0, 0.1) is 5.41 Å². The molecule has 0 heterocycles. The second kappa shape index (κ2) is 4.10. The SMILES string of the molecule is CC(C)(C)OC(=O)[C@]1(CO)CCC[C@H]1N. The Hall–Kier alpha value is -0.610. The van der Waals surface area contributed by atoms with E-state index >= 15 is 0 Å². The molecular formula is C11H21NO3. The van der Waals surface area contributed by atoms with Crippen LogP contribution in [0.25, 0.3) is 0 Å². The van der Waals surface area contributed by atoms with E-state index < -0.39 is 11.0 Å². The van der Waals surface area contributed by atoms with Crippen LogP contribution in [0.2, 0.25) is 0 Å². The van der Waals surface area contributed by atoms with E-state index in [-0.39, 0.29) is 18.6 Å². The molecule has 0 aliphatic heterocycles. The molecule has 0 aromatic rings. The first-order valence-electron chi connectivity index (χ1n) is 5.42. The Balaban J connectivity index is 2.79. The number of hydrogen-bond donors (Lipinski definition) is 2. The van der Waals surface area contributed by atoms with Crippen molar-refractivity contribution < 1.29 is 14.6 Å². The molecule has 0 amide bonds. The molecule has 0 unspecified atom stereocenters. The first kappa shape index (κ1) is 12.5. The summed E-state index contributed by atoms with van der Waals surface area (Å²) in [6.45, 7) is 5.23. The number of carbonyl (C=O) groups excluding carboxylic acids is 1. The van der Waals surface area contributed by atoms with E-state index in [0.29, 0.717) is 6.42 Å². The van der Waals surface area contributed by atoms with Crippen molar-refractivity contribution in [3.05, 3.63) is 0 Å². The van der Waals surface area contributed by atoms with E-state index in [4.69, 9.17) is 10.5 Å². The van der Waals surface area contributed by atoms with Gasteiger partial charge >= 0.3 is 5.97 Å². The first-order chi connectivity index (χ1) is 6.82. The van der Waals surface area contributed by atoms with E-state index in [1.54, 1.807) is 0 Å². The van der Waals surface area contributed by atoms with Crippen molar-refractivity contribution in [3.63, 3.8) is 0 Å². The maximum atomic E-state index is 12.0. The minimum Gasteiger partial charge on any atom is -0.459 e. The van der Waals surface area contributed by atoms with Gasteiger partial charge in [-0.25, -0.2) is 0 Å². The topological polar surface area (TPSA) is 72.5 Å². The van der Waals surface area contributed by atoms with E-state index in [0.717, 1.165) is 12.8 Å². The van der Waals surface area contributed by atoms with Crippen molar-refractivity contribution in [1.82, 2.24) is 0 Å². The minimum absolute atomic E-state index is 0.219. The van der Waals surface area contributed by atoms with Crippen LogP contribution in [0.5, 0.6) is 0 Å². The van der Waals surface area contributed by atoms with Crippen LogP contribution in [-0.2, 0) is 9.53 Å². The molecule has 0 saturated heterocycles. The number of nitrogens with two attached hydrogens (primary N) is 1. The van der Waals surface area contributed by atoms with Crippen LogP contribution in [0.1, 0.15) is 40.0 Å². The molecule has 88 valence electrons. The van der Waals surface area contributed by atoms with Crippen molar-refractivity contribution in [2.75, 3.05) is 6.61 Å². The normalized spacial score (nSPS) is 31.7. The Kier molecular flexibility index (Phi) is 3.41. The molecule has 0 aromatic heterocycles. The summed E-state index contributed by atoms with van der Waals surface area (Å²) in [6, 6.07) is -0.280. The lowest BCUT2D eigenvalue weighted by atomic mass is 9.83. The molecule has 3 N–H and O–H groups in total. The van der Waals surface area contributed by atoms with E-state index in [9.17, 15) is 9.90 Å². The predicted octanol–water partition coefficient (Wildman–Crippen LogP) is 0.818. The van der Waals surface area contributed by atoms with Crippen molar-refractivity contribution in [1.29, 1.82) is 0 Å². The quantitative estimate of drug-likeness (QED) is 0.669. The third kappa shape index (κ3) is 2.49. The van der Waals surface area contributed by atoms with Gasteiger partial charge in [-0.15, -0.1) is 0 Å². The van der Waals surface area contributed by atoms with Gasteiger partial charge in [-0.05, 0) is 33.6 Å². The third-order valence-electron chi connectivity index (χ3n) is 2.94. The second-order valence-electron chi connectivity index (χ2n) is 5.31. The zero-order chi connectivity index (χ0) is 11.7. The zero-order valence-corrected chi connectivity index (χ0v) is 9.75. The Bertz CT molecular complexity index is 247.